The minimum atomic E-state index is -0.317. The van der Waals surface area contributed by atoms with E-state index in [-0.39, 0.29) is 6.10 Å². The molecular weight excluding hydrogens is 242 g/mol. The van der Waals surface area contributed by atoms with Gasteiger partial charge in [-0.05, 0) is 24.3 Å². The molecule has 0 bridgehead atoms. The lowest BCUT2D eigenvalue weighted by Crippen LogP contribution is -2.33. The molecule has 0 radical (unpaired) electrons. The van der Waals surface area contributed by atoms with E-state index >= 15 is 0 Å². The molecule has 1 aromatic carbocycles. The van der Waals surface area contributed by atoms with Crippen molar-refractivity contribution in [1.82, 2.24) is 5.32 Å². The lowest BCUT2D eigenvalue weighted by atomic mass is 10.3. The fourth-order valence-electron chi connectivity index (χ4n) is 1.15. The van der Waals surface area contributed by atoms with Crippen molar-refractivity contribution in [3.8, 4) is 0 Å². The van der Waals surface area contributed by atoms with E-state index in [9.17, 15) is 5.11 Å². The smallest absolute Gasteiger partial charge is 0.0758 e. The van der Waals surface area contributed by atoms with E-state index < -0.39 is 0 Å². The van der Waals surface area contributed by atoms with Gasteiger partial charge in [0.05, 0.1) is 6.10 Å². The maximum atomic E-state index is 9.70. The number of hydrogen-bond donors (Lipinski definition) is 2. The summed E-state index contributed by atoms with van der Waals surface area (Å²) < 4.78 is 0. The van der Waals surface area contributed by atoms with Crippen molar-refractivity contribution in [3.63, 3.8) is 0 Å². The van der Waals surface area contributed by atoms with Crippen molar-refractivity contribution in [2.24, 2.45) is 0 Å². The monoisotopic (exact) mass is 259 g/mol. The summed E-state index contributed by atoms with van der Waals surface area (Å²) in [6, 6.07) is 8.08. The van der Waals surface area contributed by atoms with E-state index in [4.69, 9.17) is 11.6 Å². The third-order valence-corrected chi connectivity index (χ3v) is 3.43. The fourth-order valence-corrected chi connectivity index (χ4v) is 2.11. The number of aliphatic hydroxyl groups is 1. The minimum absolute atomic E-state index is 0.317. The van der Waals surface area contributed by atoms with Crippen LogP contribution in [0.15, 0.2) is 29.2 Å². The zero-order valence-electron chi connectivity index (χ0n) is 9.61. The predicted molar refractivity (Wildman–Crippen MR) is 71.3 cm³/mol. The molecule has 1 rings (SSSR count). The lowest BCUT2D eigenvalue weighted by molar-refractivity contribution is 0.192. The second-order valence-electron chi connectivity index (χ2n) is 3.98. The molecule has 0 saturated heterocycles. The van der Waals surface area contributed by atoms with Gasteiger partial charge in [0.15, 0.2) is 0 Å². The van der Waals surface area contributed by atoms with Crippen molar-refractivity contribution in [3.05, 3.63) is 29.3 Å². The topological polar surface area (TPSA) is 32.3 Å². The summed E-state index contributed by atoms with van der Waals surface area (Å²) in [5, 5.41) is 13.7. The molecule has 0 aliphatic heterocycles. The molecule has 90 valence electrons. The third kappa shape index (κ3) is 5.75. The number of aliphatic hydroxyl groups excluding tert-OH is 1. The summed E-state index contributed by atoms with van der Waals surface area (Å²) in [5.74, 6) is 0.696. The summed E-state index contributed by atoms with van der Waals surface area (Å²) in [5.41, 5.74) is 0. The van der Waals surface area contributed by atoms with Gasteiger partial charge in [-0.2, -0.15) is 0 Å². The lowest BCUT2D eigenvalue weighted by Gasteiger charge is -2.13. The Bertz CT molecular complexity index is 302. The van der Waals surface area contributed by atoms with Crippen LogP contribution in [0.2, 0.25) is 5.02 Å². The number of nitrogens with one attached hydrogen (secondary N) is 1. The van der Waals surface area contributed by atoms with Gasteiger partial charge < -0.3 is 10.4 Å². The van der Waals surface area contributed by atoms with Crippen LogP contribution in [-0.4, -0.2) is 29.5 Å². The molecule has 0 amide bonds. The Morgan fingerprint density at radius 3 is 2.50 bits per heavy atom. The van der Waals surface area contributed by atoms with E-state index in [1.54, 1.807) is 11.8 Å². The van der Waals surface area contributed by atoms with Crippen LogP contribution >= 0.6 is 23.4 Å². The van der Waals surface area contributed by atoms with Gasteiger partial charge in [-0.1, -0.05) is 25.4 Å². The van der Waals surface area contributed by atoms with Crippen LogP contribution in [0.5, 0.6) is 0 Å². The molecule has 1 unspecified atom stereocenters. The molecule has 0 saturated carbocycles. The zero-order chi connectivity index (χ0) is 12.0. The van der Waals surface area contributed by atoms with Gasteiger partial charge >= 0.3 is 0 Å². The Balaban J connectivity index is 2.26. The molecule has 16 heavy (non-hydrogen) atoms. The second kappa shape index (κ2) is 7.17. The average Bonchev–Trinajstić information content (AvgIpc) is 2.25. The maximum Gasteiger partial charge on any atom is 0.0758 e. The van der Waals surface area contributed by atoms with Gasteiger partial charge in [-0.3, -0.25) is 0 Å². The first-order valence-corrected chi connectivity index (χ1v) is 6.74. The van der Waals surface area contributed by atoms with Crippen LogP contribution < -0.4 is 5.32 Å². The van der Waals surface area contributed by atoms with Crippen molar-refractivity contribution >= 4 is 23.4 Å². The molecule has 1 atom stereocenters. The molecule has 0 aromatic heterocycles. The number of benzene rings is 1. The maximum absolute atomic E-state index is 9.70. The van der Waals surface area contributed by atoms with Crippen LogP contribution in [0.1, 0.15) is 13.8 Å². The summed E-state index contributed by atoms with van der Waals surface area (Å²) in [7, 11) is 0. The van der Waals surface area contributed by atoms with E-state index in [1.165, 1.54) is 0 Å². The van der Waals surface area contributed by atoms with E-state index in [1.807, 2.05) is 24.3 Å². The average molecular weight is 260 g/mol. The normalized spacial score (nSPS) is 13.1. The Kier molecular flexibility index (Phi) is 6.21. The molecule has 0 fully saturated rings. The number of halogens is 1. The third-order valence-electron chi connectivity index (χ3n) is 2.02. The van der Waals surface area contributed by atoms with Crippen LogP contribution in [0.3, 0.4) is 0 Å². The first kappa shape index (κ1) is 13.8. The quantitative estimate of drug-likeness (QED) is 0.771. The van der Waals surface area contributed by atoms with E-state index in [0.29, 0.717) is 18.3 Å². The Hall–Kier alpha value is -0.220. The Morgan fingerprint density at radius 2 is 1.94 bits per heavy atom. The molecular formula is C12H18ClNOS. The SMILES string of the molecule is CC(C)NCC(O)CSc1ccc(Cl)cc1. The molecule has 4 heteroatoms. The highest BCUT2D eigenvalue weighted by atomic mass is 35.5. The number of thioether (sulfide) groups is 1. The van der Waals surface area contributed by atoms with Crippen molar-refractivity contribution < 1.29 is 5.11 Å². The van der Waals surface area contributed by atoms with Gasteiger partial charge in [0.1, 0.15) is 0 Å². The summed E-state index contributed by atoms with van der Waals surface area (Å²) in [4.78, 5) is 1.13. The highest BCUT2D eigenvalue weighted by Gasteiger charge is 2.05. The number of hydrogen-bond acceptors (Lipinski definition) is 3. The van der Waals surface area contributed by atoms with E-state index in [2.05, 4.69) is 19.2 Å². The largest absolute Gasteiger partial charge is 0.391 e. The van der Waals surface area contributed by atoms with Gasteiger partial charge in [0, 0.05) is 28.3 Å². The van der Waals surface area contributed by atoms with Crippen LogP contribution in [-0.2, 0) is 0 Å². The molecule has 0 aliphatic rings. The Morgan fingerprint density at radius 1 is 1.31 bits per heavy atom. The van der Waals surface area contributed by atoms with Crippen LogP contribution in [0, 0.1) is 0 Å². The zero-order valence-corrected chi connectivity index (χ0v) is 11.2. The highest BCUT2D eigenvalue weighted by Crippen LogP contribution is 2.20. The Labute approximate surface area is 106 Å². The van der Waals surface area contributed by atoms with E-state index in [0.717, 1.165) is 9.92 Å². The molecule has 0 heterocycles. The van der Waals surface area contributed by atoms with Crippen molar-refractivity contribution in [2.45, 2.75) is 30.9 Å². The molecule has 2 nitrogen and oxygen atoms in total. The summed E-state index contributed by atoms with van der Waals surface area (Å²) >= 11 is 7.43. The predicted octanol–water partition coefficient (Wildman–Crippen LogP) is 2.79. The highest BCUT2D eigenvalue weighted by molar-refractivity contribution is 7.99. The molecule has 0 aliphatic carbocycles. The van der Waals surface area contributed by atoms with Crippen LogP contribution in [0.25, 0.3) is 0 Å². The first-order valence-electron chi connectivity index (χ1n) is 5.37. The van der Waals surface area contributed by atoms with Gasteiger partial charge in [0.25, 0.3) is 0 Å². The minimum Gasteiger partial charge on any atom is -0.391 e. The van der Waals surface area contributed by atoms with Gasteiger partial charge in [-0.25, -0.2) is 0 Å². The standard InChI is InChI=1S/C12H18ClNOS/c1-9(2)14-7-11(15)8-16-12-5-3-10(13)4-6-12/h3-6,9,11,14-15H,7-8H2,1-2H3. The van der Waals surface area contributed by atoms with Crippen LogP contribution in [0.4, 0.5) is 0 Å². The summed E-state index contributed by atoms with van der Waals surface area (Å²) in [6.07, 6.45) is -0.317. The fraction of sp³-hybridized carbons (Fsp3) is 0.500. The second-order valence-corrected chi connectivity index (χ2v) is 5.51. The molecule has 2 N–H and O–H groups in total. The number of rotatable bonds is 6. The molecule has 0 spiro atoms. The van der Waals surface area contributed by atoms with Gasteiger partial charge in [-0.15, -0.1) is 11.8 Å². The first-order chi connectivity index (χ1) is 7.58. The van der Waals surface area contributed by atoms with Crippen molar-refractivity contribution in [1.29, 1.82) is 0 Å². The van der Waals surface area contributed by atoms with Gasteiger partial charge in [0.2, 0.25) is 0 Å². The van der Waals surface area contributed by atoms with Crippen molar-refractivity contribution in [2.75, 3.05) is 12.3 Å². The summed E-state index contributed by atoms with van der Waals surface area (Å²) in [6.45, 7) is 4.77. The molecule has 1 aromatic rings.